The molecule has 3 nitrogen and oxygen atoms in total. The van der Waals surface area contributed by atoms with E-state index < -0.39 is 0 Å². The van der Waals surface area contributed by atoms with Gasteiger partial charge in [0.25, 0.3) is 0 Å². The van der Waals surface area contributed by atoms with Gasteiger partial charge in [0, 0.05) is 38.5 Å². The normalized spacial score (nSPS) is 21.7. The highest BCUT2D eigenvalue weighted by molar-refractivity contribution is 5.79. The Kier molecular flexibility index (Phi) is 5.07. The Labute approximate surface area is 111 Å². The molecule has 1 aliphatic carbocycles. The van der Waals surface area contributed by atoms with Crippen molar-refractivity contribution in [2.75, 3.05) is 32.7 Å². The average Bonchev–Trinajstić information content (AvgIpc) is 2.53. The van der Waals surface area contributed by atoms with E-state index in [2.05, 4.69) is 28.6 Å². The second-order valence-electron chi connectivity index (χ2n) is 5.29. The smallest absolute Gasteiger partial charge is 0.225 e. The lowest BCUT2D eigenvalue weighted by atomic mass is 9.84. The molecule has 18 heavy (non-hydrogen) atoms. The first-order valence-electron chi connectivity index (χ1n) is 7.28. The van der Waals surface area contributed by atoms with Crippen LogP contribution in [0.25, 0.3) is 0 Å². The van der Waals surface area contributed by atoms with Crippen molar-refractivity contribution in [3.63, 3.8) is 0 Å². The summed E-state index contributed by atoms with van der Waals surface area (Å²) < 4.78 is 0. The van der Waals surface area contributed by atoms with Gasteiger partial charge in [0.15, 0.2) is 0 Å². The van der Waals surface area contributed by atoms with Gasteiger partial charge in [0.05, 0.1) is 6.54 Å². The number of carbonyl (C=O) groups excluding carboxylic acids is 1. The van der Waals surface area contributed by atoms with Crippen molar-refractivity contribution in [2.45, 2.75) is 39.0 Å². The zero-order valence-corrected chi connectivity index (χ0v) is 11.5. The fourth-order valence-corrected chi connectivity index (χ4v) is 2.56. The number of hydrogen-bond acceptors (Lipinski definition) is 2. The fourth-order valence-electron chi connectivity index (χ4n) is 2.56. The second-order valence-corrected chi connectivity index (χ2v) is 5.29. The minimum Gasteiger partial charge on any atom is -0.341 e. The van der Waals surface area contributed by atoms with E-state index in [1.165, 1.54) is 6.42 Å². The van der Waals surface area contributed by atoms with Gasteiger partial charge in [-0.3, -0.25) is 9.69 Å². The molecule has 2 fully saturated rings. The van der Waals surface area contributed by atoms with E-state index in [4.69, 9.17) is 0 Å². The van der Waals surface area contributed by atoms with Crippen LogP contribution in [0, 0.1) is 17.8 Å². The summed E-state index contributed by atoms with van der Waals surface area (Å²) >= 11 is 0. The molecule has 1 saturated heterocycles. The zero-order chi connectivity index (χ0) is 12.8. The van der Waals surface area contributed by atoms with E-state index >= 15 is 0 Å². The van der Waals surface area contributed by atoms with Gasteiger partial charge in [0.1, 0.15) is 0 Å². The highest BCUT2D eigenvalue weighted by Gasteiger charge is 2.30. The van der Waals surface area contributed by atoms with Gasteiger partial charge in [-0.05, 0) is 19.3 Å². The van der Waals surface area contributed by atoms with Crippen LogP contribution in [0.4, 0.5) is 0 Å². The molecule has 1 aliphatic heterocycles. The lowest BCUT2D eigenvalue weighted by Crippen LogP contribution is -2.41. The topological polar surface area (TPSA) is 23.6 Å². The third-order valence-corrected chi connectivity index (χ3v) is 3.96. The summed E-state index contributed by atoms with van der Waals surface area (Å²) in [4.78, 5) is 16.6. The zero-order valence-electron chi connectivity index (χ0n) is 11.5. The van der Waals surface area contributed by atoms with Gasteiger partial charge in [-0.15, -0.1) is 5.92 Å². The molecule has 2 rings (SSSR count). The number of amides is 1. The van der Waals surface area contributed by atoms with Gasteiger partial charge in [0.2, 0.25) is 5.91 Å². The van der Waals surface area contributed by atoms with Crippen molar-refractivity contribution in [1.29, 1.82) is 0 Å². The van der Waals surface area contributed by atoms with E-state index in [1.54, 1.807) is 0 Å². The second kappa shape index (κ2) is 6.80. The van der Waals surface area contributed by atoms with Crippen molar-refractivity contribution in [3.8, 4) is 11.8 Å². The lowest BCUT2D eigenvalue weighted by Gasteiger charge is -2.30. The first-order valence-corrected chi connectivity index (χ1v) is 7.28. The molecule has 0 bridgehead atoms. The maximum atomic E-state index is 12.2. The average molecular weight is 248 g/mol. The van der Waals surface area contributed by atoms with Gasteiger partial charge < -0.3 is 4.90 Å². The van der Waals surface area contributed by atoms with Crippen LogP contribution >= 0.6 is 0 Å². The van der Waals surface area contributed by atoms with E-state index in [-0.39, 0.29) is 0 Å². The van der Waals surface area contributed by atoms with Gasteiger partial charge >= 0.3 is 0 Å². The van der Waals surface area contributed by atoms with E-state index in [9.17, 15) is 4.79 Å². The van der Waals surface area contributed by atoms with Crippen molar-refractivity contribution < 1.29 is 4.79 Å². The Morgan fingerprint density at radius 2 is 1.94 bits per heavy atom. The summed E-state index contributed by atoms with van der Waals surface area (Å²) in [6.45, 7) is 6.83. The SMILES string of the molecule is CCC#CCN1CCCN(C(=O)C2CCC2)CC1. The largest absolute Gasteiger partial charge is 0.341 e. The molecule has 0 aromatic heterocycles. The summed E-state index contributed by atoms with van der Waals surface area (Å²) in [6, 6.07) is 0. The molecular formula is C15H24N2O. The molecule has 100 valence electrons. The van der Waals surface area contributed by atoms with Crippen LogP contribution < -0.4 is 0 Å². The van der Waals surface area contributed by atoms with Crippen LogP contribution in [0.3, 0.4) is 0 Å². The van der Waals surface area contributed by atoms with Crippen molar-refractivity contribution in [1.82, 2.24) is 9.80 Å². The minimum absolute atomic E-state index is 0.344. The van der Waals surface area contributed by atoms with Crippen LogP contribution in [0.15, 0.2) is 0 Å². The molecule has 0 aromatic rings. The molecular weight excluding hydrogens is 224 g/mol. The van der Waals surface area contributed by atoms with Crippen molar-refractivity contribution >= 4 is 5.91 Å². The predicted octanol–water partition coefficient (Wildman–Crippen LogP) is 1.73. The number of hydrogen-bond donors (Lipinski definition) is 0. The molecule has 3 heteroatoms. The summed E-state index contributed by atoms with van der Waals surface area (Å²) in [5.74, 6) is 7.06. The summed E-state index contributed by atoms with van der Waals surface area (Å²) in [5.41, 5.74) is 0. The summed E-state index contributed by atoms with van der Waals surface area (Å²) in [7, 11) is 0. The van der Waals surface area contributed by atoms with Gasteiger partial charge in [-0.25, -0.2) is 0 Å². The molecule has 0 unspecified atom stereocenters. The number of carbonyl (C=O) groups is 1. The van der Waals surface area contributed by atoms with Crippen LogP contribution in [-0.2, 0) is 4.79 Å². The van der Waals surface area contributed by atoms with Crippen LogP contribution in [0.5, 0.6) is 0 Å². The first kappa shape index (κ1) is 13.4. The summed E-state index contributed by atoms with van der Waals surface area (Å²) in [5, 5.41) is 0. The van der Waals surface area contributed by atoms with Crippen molar-refractivity contribution in [2.24, 2.45) is 5.92 Å². The Balaban J connectivity index is 1.78. The lowest BCUT2D eigenvalue weighted by molar-refractivity contribution is -0.138. The number of nitrogens with zero attached hydrogens (tertiary/aromatic N) is 2. The Hall–Kier alpha value is -1.01. The van der Waals surface area contributed by atoms with Crippen LogP contribution in [0.1, 0.15) is 39.0 Å². The Bertz CT molecular complexity index is 338. The molecule has 2 aliphatic rings. The van der Waals surface area contributed by atoms with Crippen LogP contribution in [0.2, 0.25) is 0 Å². The summed E-state index contributed by atoms with van der Waals surface area (Å²) in [6.07, 6.45) is 5.48. The van der Waals surface area contributed by atoms with Crippen molar-refractivity contribution in [3.05, 3.63) is 0 Å². The predicted molar refractivity (Wildman–Crippen MR) is 73.0 cm³/mol. The van der Waals surface area contributed by atoms with E-state index in [1.807, 2.05) is 0 Å². The molecule has 0 aromatic carbocycles. The van der Waals surface area contributed by atoms with Gasteiger partial charge in [-0.1, -0.05) is 19.3 Å². The molecule has 0 radical (unpaired) electrons. The van der Waals surface area contributed by atoms with Crippen LogP contribution in [-0.4, -0.2) is 48.4 Å². The highest BCUT2D eigenvalue weighted by Crippen LogP contribution is 2.28. The molecule has 1 heterocycles. The maximum Gasteiger partial charge on any atom is 0.225 e. The molecule has 0 atom stereocenters. The molecule has 1 amide bonds. The minimum atomic E-state index is 0.344. The standard InChI is InChI=1S/C15H24N2O/c1-2-3-4-9-16-10-6-11-17(13-12-16)15(18)14-7-5-8-14/h14H,2,5-13H2,1H3. The van der Waals surface area contributed by atoms with E-state index in [0.717, 1.165) is 58.4 Å². The number of rotatable bonds is 2. The monoisotopic (exact) mass is 248 g/mol. The first-order chi connectivity index (χ1) is 8.81. The highest BCUT2D eigenvalue weighted by atomic mass is 16.2. The Morgan fingerprint density at radius 1 is 1.11 bits per heavy atom. The van der Waals surface area contributed by atoms with E-state index in [0.29, 0.717) is 11.8 Å². The Morgan fingerprint density at radius 3 is 2.61 bits per heavy atom. The maximum absolute atomic E-state index is 12.2. The molecule has 0 N–H and O–H groups in total. The fraction of sp³-hybridized carbons (Fsp3) is 0.800. The molecule has 0 spiro atoms. The third kappa shape index (κ3) is 3.49. The third-order valence-electron chi connectivity index (χ3n) is 3.96. The quantitative estimate of drug-likeness (QED) is 0.695. The van der Waals surface area contributed by atoms with Gasteiger partial charge in [-0.2, -0.15) is 0 Å². The molecule has 1 saturated carbocycles.